The summed E-state index contributed by atoms with van der Waals surface area (Å²) in [7, 11) is -3.51. The fourth-order valence-electron chi connectivity index (χ4n) is 5.88. The van der Waals surface area contributed by atoms with E-state index in [9.17, 15) is 24.1 Å². The molecule has 1 aliphatic carbocycles. The number of hydrogen-bond acceptors (Lipinski definition) is 6. The third-order valence-corrected chi connectivity index (χ3v) is 10.4. The Morgan fingerprint density at radius 2 is 1.82 bits per heavy atom. The fourth-order valence-corrected chi connectivity index (χ4v) is 8.20. The van der Waals surface area contributed by atoms with Crippen molar-refractivity contribution in [2.24, 2.45) is 17.8 Å². The molecule has 0 aromatic heterocycles. The molecule has 218 valence electrons. The standard InChI is InChI=1S/C30H46NO7P/c1-23(2)30(37-18-11-17-32)38-39(36,19-10-9-14-24-12-5-3-6-13-24)22-28(33)31-21-26(20-27(31)29(34)35)25-15-7-4-8-16-25/h3,5-6,12-13,17,23,25-27,30H,4,7-11,14-16,18-22H2,1-2H3,(H,34,35)/t26-,27+,30+,39?/m0/s1. The number of hydrogen-bond donors (Lipinski definition) is 1. The Kier molecular flexibility index (Phi) is 12.7. The minimum Gasteiger partial charge on any atom is -0.480 e. The smallest absolute Gasteiger partial charge is 0.326 e. The third kappa shape index (κ3) is 9.84. The Balaban J connectivity index is 1.70. The van der Waals surface area contributed by atoms with Gasteiger partial charge in [-0.05, 0) is 43.1 Å². The van der Waals surface area contributed by atoms with Crippen molar-refractivity contribution in [2.45, 2.75) is 90.4 Å². The molecule has 9 heteroatoms. The highest BCUT2D eigenvalue weighted by atomic mass is 31.2. The van der Waals surface area contributed by atoms with Gasteiger partial charge >= 0.3 is 5.97 Å². The van der Waals surface area contributed by atoms with Crippen molar-refractivity contribution in [3.8, 4) is 0 Å². The molecule has 1 aliphatic heterocycles. The number of aryl methyl sites for hydroxylation is 1. The molecule has 0 spiro atoms. The van der Waals surface area contributed by atoms with E-state index >= 15 is 0 Å². The predicted molar refractivity (Wildman–Crippen MR) is 151 cm³/mol. The highest BCUT2D eigenvalue weighted by molar-refractivity contribution is 7.59. The lowest BCUT2D eigenvalue weighted by Gasteiger charge is -2.30. The molecular weight excluding hydrogens is 517 g/mol. The van der Waals surface area contributed by atoms with Crippen LogP contribution in [0.5, 0.6) is 0 Å². The van der Waals surface area contributed by atoms with Crippen LogP contribution in [-0.4, -0.2) is 66.0 Å². The van der Waals surface area contributed by atoms with E-state index in [1.165, 1.54) is 16.9 Å². The van der Waals surface area contributed by atoms with Gasteiger partial charge in [-0.1, -0.05) is 76.3 Å². The normalized spacial score (nSPS) is 22.5. The number of benzene rings is 1. The second kappa shape index (κ2) is 15.7. The lowest BCUT2D eigenvalue weighted by molar-refractivity contribution is -0.147. The Bertz CT molecular complexity index is 963. The van der Waals surface area contributed by atoms with E-state index < -0.39 is 31.6 Å². The van der Waals surface area contributed by atoms with Crippen LogP contribution >= 0.6 is 7.37 Å². The zero-order valence-electron chi connectivity index (χ0n) is 23.5. The van der Waals surface area contributed by atoms with E-state index in [0.717, 1.165) is 44.8 Å². The molecule has 8 nitrogen and oxygen atoms in total. The highest BCUT2D eigenvalue weighted by Crippen LogP contribution is 2.51. The highest BCUT2D eigenvalue weighted by Gasteiger charge is 2.44. The Hall–Kier alpha value is -2.02. The molecule has 1 unspecified atom stereocenters. The van der Waals surface area contributed by atoms with Crippen molar-refractivity contribution in [3.05, 3.63) is 35.9 Å². The number of rotatable bonds is 16. The SMILES string of the molecule is CC(C)[C@H](OCCC=O)OP(=O)(CCCCc1ccccc1)CC(=O)N1C[C@@H](C2CCCCC2)C[C@@H]1C(=O)O. The molecule has 2 fully saturated rings. The number of carbonyl (C=O) groups is 3. The average molecular weight is 564 g/mol. The lowest BCUT2D eigenvalue weighted by atomic mass is 9.79. The van der Waals surface area contributed by atoms with Gasteiger partial charge in [0.15, 0.2) is 6.29 Å². The van der Waals surface area contributed by atoms with Gasteiger partial charge in [-0.25, -0.2) is 4.79 Å². The van der Waals surface area contributed by atoms with Crippen LogP contribution in [0.15, 0.2) is 30.3 Å². The largest absolute Gasteiger partial charge is 0.480 e. The van der Waals surface area contributed by atoms with E-state index in [1.807, 2.05) is 32.0 Å². The monoisotopic (exact) mass is 563 g/mol. The molecule has 0 bridgehead atoms. The van der Waals surface area contributed by atoms with Crippen molar-refractivity contribution < 1.29 is 33.3 Å². The number of aldehydes is 1. The molecule has 4 atom stereocenters. The van der Waals surface area contributed by atoms with Gasteiger partial charge in [0.1, 0.15) is 18.5 Å². The minimum atomic E-state index is -3.51. The van der Waals surface area contributed by atoms with Crippen molar-refractivity contribution >= 4 is 25.5 Å². The van der Waals surface area contributed by atoms with Crippen LogP contribution in [0.4, 0.5) is 0 Å². The lowest BCUT2D eigenvalue weighted by Crippen LogP contribution is -2.42. The van der Waals surface area contributed by atoms with Gasteiger partial charge in [0.05, 0.1) is 6.61 Å². The summed E-state index contributed by atoms with van der Waals surface area (Å²) in [6.45, 7) is 4.30. The second-order valence-corrected chi connectivity index (χ2v) is 14.1. The number of aliphatic carboxylic acids is 1. The van der Waals surface area contributed by atoms with Gasteiger partial charge in [0, 0.05) is 25.0 Å². The number of carboxylic acid groups (broad SMARTS) is 1. The molecule has 1 saturated carbocycles. The zero-order valence-corrected chi connectivity index (χ0v) is 24.4. The molecular formula is C30H46NO7P. The number of ether oxygens (including phenoxy) is 1. The minimum absolute atomic E-state index is 0.140. The number of nitrogens with zero attached hydrogens (tertiary/aromatic N) is 1. The molecule has 1 heterocycles. The van der Waals surface area contributed by atoms with Crippen LogP contribution in [0.2, 0.25) is 0 Å². The molecule has 1 saturated heterocycles. The summed E-state index contributed by atoms with van der Waals surface area (Å²) >= 11 is 0. The van der Waals surface area contributed by atoms with Gasteiger partial charge in [0.25, 0.3) is 0 Å². The molecule has 1 aromatic rings. The third-order valence-electron chi connectivity index (χ3n) is 8.05. The van der Waals surface area contributed by atoms with Crippen LogP contribution in [0.3, 0.4) is 0 Å². The molecule has 1 amide bonds. The van der Waals surface area contributed by atoms with Crippen LogP contribution in [0, 0.1) is 17.8 Å². The molecule has 1 aromatic carbocycles. The number of likely N-dealkylation sites (tertiary alicyclic amines) is 1. The first-order valence-electron chi connectivity index (χ1n) is 14.6. The first-order chi connectivity index (χ1) is 18.7. The van der Waals surface area contributed by atoms with Crippen molar-refractivity contribution in [1.82, 2.24) is 4.90 Å². The van der Waals surface area contributed by atoms with Gasteiger partial charge in [-0.3, -0.25) is 13.9 Å². The summed E-state index contributed by atoms with van der Waals surface area (Å²) in [5.41, 5.74) is 1.19. The Labute approximate surface area is 233 Å². The van der Waals surface area contributed by atoms with E-state index in [1.54, 1.807) is 0 Å². The van der Waals surface area contributed by atoms with Crippen LogP contribution in [0.25, 0.3) is 0 Å². The Morgan fingerprint density at radius 3 is 2.46 bits per heavy atom. The number of carboxylic acids is 1. The molecule has 0 radical (unpaired) electrons. The van der Waals surface area contributed by atoms with E-state index in [4.69, 9.17) is 9.26 Å². The molecule has 3 rings (SSSR count). The van der Waals surface area contributed by atoms with E-state index in [-0.39, 0.29) is 37.2 Å². The van der Waals surface area contributed by atoms with Gasteiger partial charge < -0.3 is 19.5 Å². The molecule has 1 N–H and O–H groups in total. The van der Waals surface area contributed by atoms with E-state index in [2.05, 4.69) is 12.1 Å². The molecule has 39 heavy (non-hydrogen) atoms. The summed E-state index contributed by atoms with van der Waals surface area (Å²) in [5.74, 6) is -0.953. The topological polar surface area (TPSA) is 110 Å². The van der Waals surface area contributed by atoms with Gasteiger partial charge in [-0.15, -0.1) is 0 Å². The summed E-state index contributed by atoms with van der Waals surface area (Å²) in [5, 5.41) is 9.92. The van der Waals surface area contributed by atoms with Crippen molar-refractivity contribution in [3.63, 3.8) is 0 Å². The summed E-state index contributed by atoms with van der Waals surface area (Å²) < 4.78 is 26.1. The van der Waals surface area contributed by atoms with Gasteiger partial charge in [-0.2, -0.15) is 0 Å². The molecule has 2 aliphatic rings. The first kappa shape index (κ1) is 31.5. The van der Waals surface area contributed by atoms with Crippen LogP contribution in [0.1, 0.15) is 77.2 Å². The maximum Gasteiger partial charge on any atom is 0.326 e. The average Bonchev–Trinajstić information content (AvgIpc) is 3.38. The quantitative estimate of drug-likeness (QED) is 0.118. The first-order valence-corrected chi connectivity index (χ1v) is 16.6. The maximum atomic E-state index is 14.2. The summed E-state index contributed by atoms with van der Waals surface area (Å²) in [6.07, 6.45) is 8.36. The van der Waals surface area contributed by atoms with Crippen LogP contribution in [-0.2, 0) is 34.6 Å². The second-order valence-electron chi connectivity index (χ2n) is 11.5. The van der Waals surface area contributed by atoms with Crippen LogP contribution < -0.4 is 0 Å². The fraction of sp³-hybridized carbons (Fsp3) is 0.700. The summed E-state index contributed by atoms with van der Waals surface area (Å²) in [4.78, 5) is 37.9. The Morgan fingerprint density at radius 1 is 1.10 bits per heavy atom. The number of amides is 1. The maximum absolute atomic E-state index is 14.2. The number of unbranched alkanes of at least 4 members (excludes halogenated alkanes) is 1. The zero-order chi connectivity index (χ0) is 28.3. The number of carbonyl (C=O) groups excluding carboxylic acids is 2. The van der Waals surface area contributed by atoms with Crippen molar-refractivity contribution in [2.75, 3.05) is 25.5 Å². The van der Waals surface area contributed by atoms with E-state index in [0.29, 0.717) is 25.3 Å². The summed E-state index contributed by atoms with van der Waals surface area (Å²) in [6, 6.07) is 9.16. The van der Waals surface area contributed by atoms with Gasteiger partial charge in [0.2, 0.25) is 13.3 Å². The van der Waals surface area contributed by atoms with Crippen molar-refractivity contribution in [1.29, 1.82) is 0 Å². The predicted octanol–water partition coefficient (Wildman–Crippen LogP) is 5.77.